The van der Waals surface area contributed by atoms with E-state index in [1.54, 1.807) is 0 Å². The Kier molecular flexibility index (Phi) is 3.34. The van der Waals surface area contributed by atoms with Gasteiger partial charge in [-0.3, -0.25) is 4.79 Å². The zero-order valence-electron chi connectivity index (χ0n) is 8.44. The van der Waals surface area contributed by atoms with E-state index in [4.69, 9.17) is 9.47 Å². The summed E-state index contributed by atoms with van der Waals surface area (Å²) < 4.78 is 10.8. The van der Waals surface area contributed by atoms with E-state index in [0.717, 1.165) is 25.9 Å². The number of hydrogen-bond donors (Lipinski definition) is 1. The molecule has 1 fully saturated rings. The lowest BCUT2D eigenvalue weighted by atomic mass is 10.1. The molecule has 0 amide bonds. The van der Waals surface area contributed by atoms with Crippen molar-refractivity contribution >= 4 is 0 Å². The predicted octanol–water partition coefficient (Wildman–Crippen LogP) is 0.718. The number of nitrogens with zero attached hydrogens (tertiary/aromatic N) is 1. The van der Waals surface area contributed by atoms with Gasteiger partial charge in [-0.15, -0.1) is 0 Å². The molecule has 0 saturated carbocycles. The van der Waals surface area contributed by atoms with Crippen LogP contribution in [0.5, 0.6) is 5.88 Å². The summed E-state index contributed by atoms with van der Waals surface area (Å²) in [6.07, 6.45) is 6.34. The minimum atomic E-state index is -0.298. The molecule has 0 aliphatic carbocycles. The second-order valence-corrected chi connectivity index (χ2v) is 3.52. The average molecular weight is 210 g/mol. The first kappa shape index (κ1) is 10.2. The molecule has 15 heavy (non-hydrogen) atoms. The molecule has 1 aromatic rings. The molecular formula is C10H14N2O3. The largest absolute Gasteiger partial charge is 0.471 e. The Bertz CT molecular complexity index is 358. The first-order valence-electron chi connectivity index (χ1n) is 5.14. The van der Waals surface area contributed by atoms with E-state index in [1.807, 2.05) is 0 Å². The van der Waals surface area contributed by atoms with Gasteiger partial charge >= 0.3 is 5.56 Å². The number of ether oxygens (including phenoxy) is 2. The summed E-state index contributed by atoms with van der Waals surface area (Å²) in [5.74, 6) is 0.117. The number of nitrogens with one attached hydrogen (secondary N) is 1. The number of hydrogen-bond acceptors (Lipinski definition) is 4. The first-order valence-corrected chi connectivity index (χ1v) is 5.14. The molecule has 1 unspecified atom stereocenters. The number of aromatic amines is 1. The molecular weight excluding hydrogens is 196 g/mol. The average Bonchev–Trinajstić information content (AvgIpc) is 2.29. The van der Waals surface area contributed by atoms with Gasteiger partial charge in [0.05, 0.1) is 6.10 Å². The van der Waals surface area contributed by atoms with Gasteiger partial charge in [0.2, 0.25) is 0 Å². The fourth-order valence-corrected chi connectivity index (χ4v) is 1.55. The zero-order valence-corrected chi connectivity index (χ0v) is 8.44. The molecule has 0 bridgehead atoms. The van der Waals surface area contributed by atoms with Crippen LogP contribution in [0.4, 0.5) is 0 Å². The Morgan fingerprint density at radius 2 is 2.53 bits per heavy atom. The molecule has 82 valence electrons. The molecule has 0 spiro atoms. The van der Waals surface area contributed by atoms with Crippen molar-refractivity contribution in [1.82, 2.24) is 9.97 Å². The molecule has 1 aromatic heterocycles. The molecule has 2 rings (SSSR count). The van der Waals surface area contributed by atoms with Crippen molar-refractivity contribution in [3.05, 3.63) is 22.7 Å². The Balaban J connectivity index is 1.87. The summed E-state index contributed by atoms with van der Waals surface area (Å²) in [6, 6.07) is 0. The maximum Gasteiger partial charge on any atom is 0.310 e. The van der Waals surface area contributed by atoms with E-state index < -0.39 is 0 Å². The first-order chi connectivity index (χ1) is 7.36. The Labute approximate surface area is 87.4 Å². The number of rotatable bonds is 3. The van der Waals surface area contributed by atoms with Crippen LogP contribution in [0, 0.1) is 0 Å². The second-order valence-electron chi connectivity index (χ2n) is 3.52. The SMILES string of the molecule is O=c1[nH]ccnc1OCC1CCCCO1. The highest BCUT2D eigenvalue weighted by Crippen LogP contribution is 2.12. The van der Waals surface area contributed by atoms with Crippen LogP contribution in [0.1, 0.15) is 19.3 Å². The van der Waals surface area contributed by atoms with Crippen molar-refractivity contribution in [2.45, 2.75) is 25.4 Å². The van der Waals surface area contributed by atoms with Crippen molar-refractivity contribution in [3.63, 3.8) is 0 Å². The lowest BCUT2D eigenvalue weighted by Gasteiger charge is -2.21. The maximum atomic E-state index is 11.2. The molecule has 1 saturated heterocycles. The van der Waals surface area contributed by atoms with Crippen LogP contribution in [0.2, 0.25) is 0 Å². The molecule has 1 aliphatic rings. The Hall–Kier alpha value is -1.36. The number of H-pyrrole nitrogens is 1. The molecule has 0 radical (unpaired) electrons. The molecule has 5 nitrogen and oxygen atoms in total. The van der Waals surface area contributed by atoms with E-state index in [9.17, 15) is 4.79 Å². The fraction of sp³-hybridized carbons (Fsp3) is 0.600. The van der Waals surface area contributed by atoms with Gasteiger partial charge in [0, 0.05) is 19.0 Å². The molecule has 1 aliphatic heterocycles. The van der Waals surface area contributed by atoms with Gasteiger partial charge in [0.25, 0.3) is 5.88 Å². The normalized spacial score (nSPS) is 21.2. The van der Waals surface area contributed by atoms with Crippen LogP contribution in [0.3, 0.4) is 0 Å². The van der Waals surface area contributed by atoms with Gasteiger partial charge < -0.3 is 14.5 Å². The van der Waals surface area contributed by atoms with Crippen LogP contribution in [-0.2, 0) is 4.74 Å². The van der Waals surface area contributed by atoms with Crippen LogP contribution in [-0.4, -0.2) is 29.3 Å². The van der Waals surface area contributed by atoms with E-state index >= 15 is 0 Å². The van der Waals surface area contributed by atoms with Crippen molar-refractivity contribution in [2.75, 3.05) is 13.2 Å². The van der Waals surface area contributed by atoms with Crippen molar-refractivity contribution in [2.24, 2.45) is 0 Å². The van der Waals surface area contributed by atoms with Gasteiger partial charge in [-0.25, -0.2) is 4.98 Å². The van der Waals surface area contributed by atoms with Crippen molar-refractivity contribution < 1.29 is 9.47 Å². The fourth-order valence-electron chi connectivity index (χ4n) is 1.55. The Morgan fingerprint density at radius 1 is 1.60 bits per heavy atom. The van der Waals surface area contributed by atoms with Gasteiger partial charge in [-0.05, 0) is 19.3 Å². The minimum Gasteiger partial charge on any atom is -0.471 e. The highest BCUT2D eigenvalue weighted by Gasteiger charge is 2.15. The monoisotopic (exact) mass is 210 g/mol. The van der Waals surface area contributed by atoms with E-state index in [-0.39, 0.29) is 17.5 Å². The van der Waals surface area contributed by atoms with Gasteiger partial charge in [0.15, 0.2) is 0 Å². The minimum absolute atomic E-state index is 0.0974. The summed E-state index contributed by atoms with van der Waals surface area (Å²) in [6.45, 7) is 1.19. The van der Waals surface area contributed by atoms with Crippen LogP contribution >= 0.6 is 0 Å². The molecule has 0 aromatic carbocycles. The lowest BCUT2D eigenvalue weighted by Crippen LogP contribution is -2.27. The zero-order chi connectivity index (χ0) is 10.5. The van der Waals surface area contributed by atoms with Crippen LogP contribution < -0.4 is 10.3 Å². The smallest absolute Gasteiger partial charge is 0.310 e. The standard InChI is InChI=1S/C10H14N2O3/c13-9-10(12-5-4-11-9)15-7-8-3-1-2-6-14-8/h4-5,8H,1-3,6-7H2,(H,11,13). The van der Waals surface area contributed by atoms with Gasteiger partial charge in [-0.1, -0.05) is 0 Å². The summed E-state index contributed by atoms with van der Waals surface area (Å²) in [5, 5.41) is 0. The third-order valence-electron chi connectivity index (χ3n) is 2.35. The quantitative estimate of drug-likeness (QED) is 0.798. The lowest BCUT2D eigenvalue weighted by molar-refractivity contribution is -0.0122. The third kappa shape index (κ3) is 2.79. The molecule has 2 heterocycles. The van der Waals surface area contributed by atoms with Crippen LogP contribution in [0.25, 0.3) is 0 Å². The van der Waals surface area contributed by atoms with Crippen LogP contribution in [0.15, 0.2) is 17.2 Å². The topological polar surface area (TPSA) is 64.2 Å². The summed E-state index contributed by atoms with van der Waals surface area (Å²) in [5.41, 5.74) is -0.298. The van der Waals surface area contributed by atoms with Gasteiger partial charge in [-0.2, -0.15) is 0 Å². The number of aromatic nitrogens is 2. The summed E-state index contributed by atoms with van der Waals surface area (Å²) in [7, 11) is 0. The third-order valence-corrected chi connectivity index (χ3v) is 2.35. The summed E-state index contributed by atoms with van der Waals surface area (Å²) in [4.78, 5) is 17.6. The highest BCUT2D eigenvalue weighted by atomic mass is 16.5. The molecule has 5 heteroatoms. The highest BCUT2D eigenvalue weighted by molar-refractivity contribution is 5.02. The Morgan fingerprint density at radius 3 is 3.27 bits per heavy atom. The predicted molar refractivity (Wildman–Crippen MR) is 53.9 cm³/mol. The van der Waals surface area contributed by atoms with Gasteiger partial charge in [0.1, 0.15) is 6.61 Å². The van der Waals surface area contributed by atoms with E-state index in [1.165, 1.54) is 12.4 Å². The van der Waals surface area contributed by atoms with Crippen molar-refractivity contribution in [3.8, 4) is 5.88 Å². The van der Waals surface area contributed by atoms with E-state index in [2.05, 4.69) is 9.97 Å². The molecule has 1 atom stereocenters. The maximum absolute atomic E-state index is 11.2. The second kappa shape index (κ2) is 4.93. The van der Waals surface area contributed by atoms with Crippen molar-refractivity contribution in [1.29, 1.82) is 0 Å². The molecule has 1 N–H and O–H groups in total. The van der Waals surface area contributed by atoms with E-state index in [0.29, 0.717) is 6.61 Å². The summed E-state index contributed by atoms with van der Waals surface area (Å²) >= 11 is 0.